The molecule has 0 bridgehead atoms. The smallest absolute Gasteiger partial charge is 0.309 e. The Labute approximate surface area is 126 Å². The van der Waals surface area contributed by atoms with E-state index in [-0.39, 0.29) is 31.0 Å². The van der Waals surface area contributed by atoms with Gasteiger partial charge in [0.15, 0.2) is 0 Å². The van der Waals surface area contributed by atoms with Crippen molar-refractivity contribution in [2.45, 2.75) is 12.3 Å². The Kier molecular flexibility index (Phi) is 4.82. The average Bonchev–Trinajstić information content (AvgIpc) is 3.13. The molecular formula is C13H16BrNO4S. The van der Waals surface area contributed by atoms with E-state index in [9.17, 15) is 13.2 Å². The lowest BCUT2D eigenvalue weighted by Crippen LogP contribution is -2.27. The normalized spacial score (nSPS) is 21.5. The summed E-state index contributed by atoms with van der Waals surface area (Å²) in [6.45, 7) is 0.173. The lowest BCUT2D eigenvalue weighted by Gasteiger charge is -2.05. The second-order valence-corrected chi connectivity index (χ2v) is 7.59. The van der Waals surface area contributed by atoms with Crippen LogP contribution in [0.2, 0.25) is 0 Å². The quantitative estimate of drug-likeness (QED) is 0.617. The van der Waals surface area contributed by atoms with Crippen molar-refractivity contribution in [2.75, 3.05) is 19.4 Å². The van der Waals surface area contributed by atoms with Gasteiger partial charge in [-0.1, -0.05) is 28.1 Å². The lowest BCUT2D eigenvalue weighted by atomic mass is 10.1. The Morgan fingerprint density at radius 2 is 2.25 bits per heavy atom. The number of esters is 1. The summed E-state index contributed by atoms with van der Waals surface area (Å²) in [5.74, 6) is -0.157. The van der Waals surface area contributed by atoms with Crippen LogP contribution in [0.5, 0.6) is 0 Å². The fraction of sp³-hybridized carbons (Fsp3) is 0.462. The van der Waals surface area contributed by atoms with Gasteiger partial charge < -0.3 is 4.74 Å². The minimum atomic E-state index is -3.23. The van der Waals surface area contributed by atoms with Crippen LogP contribution in [0.25, 0.3) is 0 Å². The van der Waals surface area contributed by atoms with Crippen LogP contribution in [0.15, 0.2) is 28.7 Å². The van der Waals surface area contributed by atoms with Gasteiger partial charge in [0.05, 0.1) is 12.2 Å². The maximum atomic E-state index is 11.8. The van der Waals surface area contributed by atoms with Crippen LogP contribution < -0.4 is 4.72 Å². The van der Waals surface area contributed by atoms with Crippen molar-refractivity contribution in [3.8, 4) is 0 Å². The highest BCUT2D eigenvalue weighted by Crippen LogP contribution is 2.48. The molecule has 1 saturated carbocycles. The molecule has 0 aliphatic heterocycles. The van der Waals surface area contributed by atoms with E-state index in [4.69, 9.17) is 4.74 Å². The zero-order valence-electron chi connectivity index (χ0n) is 11.0. The monoisotopic (exact) mass is 361 g/mol. The summed E-state index contributed by atoms with van der Waals surface area (Å²) in [4.78, 5) is 11.8. The van der Waals surface area contributed by atoms with Crippen LogP contribution in [0, 0.1) is 5.92 Å². The SMILES string of the molecule is CS(=O)(=O)NCCOC(=O)C1CC1c1cccc(Br)c1. The van der Waals surface area contributed by atoms with Crippen molar-refractivity contribution in [3.63, 3.8) is 0 Å². The Balaban J connectivity index is 1.76. The van der Waals surface area contributed by atoms with Crippen molar-refractivity contribution in [1.82, 2.24) is 4.72 Å². The van der Waals surface area contributed by atoms with Gasteiger partial charge in [-0.2, -0.15) is 0 Å². The van der Waals surface area contributed by atoms with Crippen LogP contribution in [0.4, 0.5) is 0 Å². The van der Waals surface area contributed by atoms with Crippen LogP contribution in [0.1, 0.15) is 17.9 Å². The first-order chi connectivity index (χ1) is 9.37. The van der Waals surface area contributed by atoms with Crippen LogP contribution in [-0.4, -0.2) is 33.8 Å². The number of benzene rings is 1. The van der Waals surface area contributed by atoms with E-state index < -0.39 is 10.0 Å². The molecule has 2 rings (SSSR count). The second kappa shape index (κ2) is 6.24. The van der Waals surface area contributed by atoms with Crippen molar-refractivity contribution in [1.29, 1.82) is 0 Å². The Morgan fingerprint density at radius 3 is 2.90 bits per heavy atom. The molecule has 20 heavy (non-hydrogen) atoms. The van der Waals surface area contributed by atoms with E-state index in [1.807, 2.05) is 24.3 Å². The summed E-state index contributed by atoms with van der Waals surface area (Å²) in [5.41, 5.74) is 1.12. The highest BCUT2D eigenvalue weighted by molar-refractivity contribution is 9.10. The molecule has 2 unspecified atom stereocenters. The predicted octanol–water partition coefficient (Wildman–Crippen LogP) is 1.64. The largest absolute Gasteiger partial charge is 0.464 e. The van der Waals surface area contributed by atoms with E-state index in [1.54, 1.807) is 0 Å². The molecule has 1 N–H and O–H groups in total. The molecule has 0 aromatic heterocycles. The van der Waals surface area contributed by atoms with Gasteiger partial charge in [0.25, 0.3) is 0 Å². The summed E-state index contributed by atoms with van der Waals surface area (Å²) >= 11 is 3.40. The lowest BCUT2D eigenvalue weighted by molar-refractivity contribution is -0.145. The van der Waals surface area contributed by atoms with E-state index in [1.165, 1.54) is 0 Å². The van der Waals surface area contributed by atoms with Gasteiger partial charge >= 0.3 is 5.97 Å². The molecule has 0 spiro atoms. The molecule has 1 aliphatic carbocycles. The fourth-order valence-corrected chi connectivity index (χ4v) is 2.92. The average molecular weight is 362 g/mol. The van der Waals surface area contributed by atoms with E-state index in [2.05, 4.69) is 20.7 Å². The first-order valence-electron chi connectivity index (χ1n) is 6.23. The van der Waals surface area contributed by atoms with E-state index in [0.717, 1.165) is 22.7 Å². The summed E-state index contributed by atoms with van der Waals surface area (Å²) in [6, 6.07) is 7.88. The molecule has 5 nitrogen and oxygen atoms in total. The number of halogens is 1. The number of ether oxygens (including phenoxy) is 1. The highest BCUT2D eigenvalue weighted by atomic mass is 79.9. The maximum Gasteiger partial charge on any atom is 0.309 e. The number of rotatable bonds is 6. The van der Waals surface area contributed by atoms with Crippen LogP contribution in [-0.2, 0) is 19.6 Å². The van der Waals surface area contributed by atoms with Gasteiger partial charge in [0.2, 0.25) is 10.0 Å². The summed E-state index contributed by atoms with van der Waals surface area (Å²) in [5, 5.41) is 0. The van der Waals surface area contributed by atoms with Crippen molar-refractivity contribution >= 4 is 31.9 Å². The van der Waals surface area contributed by atoms with Gasteiger partial charge in [0, 0.05) is 11.0 Å². The third-order valence-electron chi connectivity index (χ3n) is 3.08. The van der Waals surface area contributed by atoms with Gasteiger partial charge in [-0.15, -0.1) is 0 Å². The standard InChI is InChI=1S/C13H16BrNO4S/c1-20(17,18)15-5-6-19-13(16)12-8-11(12)9-3-2-4-10(14)7-9/h2-4,7,11-12,15H,5-6,8H2,1H3. The Hall–Kier alpha value is -0.920. The first kappa shape index (κ1) is 15.5. The number of sulfonamides is 1. The molecule has 0 saturated heterocycles. The Morgan fingerprint density at radius 1 is 1.50 bits per heavy atom. The molecular weight excluding hydrogens is 346 g/mol. The van der Waals surface area contributed by atoms with Gasteiger partial charge in [0.1, 0.15) is 6.61 Å². The second-order valence-electron chi connectivity index (χ2n) is 4.84. The summed E-state index contributed by atoms with van der Waals surface area (Å²) in [6.07, 6.45) is 1.85. The van der Waals surface area contributed by atoms with Crippen LogP contribution >= 0.6 is 15.9 Å². The number of hydrogen-bond donors (Lipinski definition) is 1. The molecule has 0 radical (unpaired) electrons. The van der Waals surface area contributed by atoms with Gasteiger partial charge in [-0.3, -0.25) is 4.79 Å². The zero-order chi connectivity index (χ0) is 14.8. The maximum absolute atomic E-state index is 11.8. The molecule has 110 valence electrons. The number of carbonyl (C=O) groups excluding carboxylic acids is 1. The number of carbonyl (C=O) groups is 1. The molecule has 0 amide bonds. The molecule has 1 aliphatic rings. The molecule has 0 heterocycles. The fourth-order valence-electron chi connectivity index (χ4n) is 2.05. The minimum Gasteiger partial charge on any atom is -0.464 e. The zero-order valence-corrected chi connectivity index (χ0v) is 13.4. The Bertz CT molecular complexity index is 602. The third-order valence-corrected chi connectivity index (χ3v) is 4.30. The van der Waals surface area contributed by atoms with E-state index in [0.29, 0.717) is 0 Å². The molecule has 7 heteroatoms. The highest BCUT2D eigenvalue weighted by Gasteiger charge is 2.45. The van der Waals surface area contributed by atoms with E-state index >= 15 is 0 Å². The number of nitrogens with one attached hydrogen (secondary N) is 1. The molecule has 1 aromatic rings. The van der Waals surface area contributed by atoms with Crippen molar-refractivity contribution in [2.24, 2.45) is 5.92 Å². The van der Waals surface area contributed by atoms with Gasteiger partial charge in [-0.05, 0) is 30.0 Å². The third kappa shape index (κ3) is 4.57. The van der Waals surface area contributed by atoms with Gasteiger partial charge in [-0.25, -0.2) is 13.1 Å². The minimum absolute atomic E-state index is 0.0631. The van der Waals surface area contributed by atoms with Crippen LogP contribution in [0.3, 0.4) is 0 Å². The first-order valence-corrected chi connectivity index (χ1v) is 8.92. The molecule has 2 atom stereocenters. The molecule has 1 aromatic carbocycles. The topological polar surface area (TPSA) is 72.5 Å². The summed E-state index contributed by atoms with van der Waals surface area (Å²) < 4.78 is 30.0. The predicted molar refractivity (Wildman–Crippen MR) is 78.8 cm³/mol. The summed E-state index contributed by atoms with van der Waals surface area (Å²) in [7, 11) is -3.23. The van der Waals surface area contributed by atoms with Crippen molar-refractivity contribution < 1.29 is 17.9 Å². The number of hydrogen-bond acceptors (Lipinski definition) is 4. The van der Waals surface area contributed by atoms with Crippen molar-refractivity contribution in [3.05, 3.63) is 34.3 Å². The molecule has 1 fully saturated rings.